The number of hydrogen-bond donors (Lipinski definition) is 4. The molecule has 0 aromatic carbocycles. The number of amides is 1. The van der Waals surface area contributed by atoms with Crippen molar-refractivity contribution in [2.24, 2.45) is 7.05 Å². The SMILES string of the molecule is C[C@H](Nc1c(N)n(C)c(=O)n(Cc2ccccn2)c1=O)C(=O)Nc1c[nH]c(-c2ccc(C(F)(F)F)nc2)n1. The lowest BCUT2D eigenvalue weighted by molar-refractivity contribution is -0.141. The number of nitrogen functional groups attached to an aromatic ring is 1. The van der Waals surface area contributed by atoms with Crippen LogP contribution >= 0.6 is 0 Å². The standard InChI is InChI=1S/C23H22F3N9O3/c1-12(20(36)33-16-10-30-19(32-16)13-6-7-15(29-9-13)23(24,25)26)31-17-18(27)34(2)22(38)35(21(17)37)11-14-5-3-4-8-28-14/h3-10,12,31H,11,27H2,1-2H3,(H,30,32)(H,33,36)/t12-/m0/s1. The summed E-state index contributed by atoms with van der Waals surface area (Å²) in [6.07, 6.45) is -0.684. The number of pyridine rings is 2. The molecule has 0 aliphatic heterocycles. The van der Waals surface area contributed by atoms with Crippen molar-refractivity contribution in [1.29, 1.82) is 0 Å². The molecule has 5 N–H and O–H groups in total. The minimum Gasteiger partial charge on any atom is -0.383 e. The van der Waals surface area contributed by atoms with Gasteiger partial charge in [0, 0.05) is 31.2 Å². The summed E-state index contributed by atoms with van der Waals surface area (Å²) in [4.78, 5) is 52.9. The van der Waals surface area contributed by atoms with Gasteiger partial charge in [0.15, 0.2) is 5.82 Å². The summed E-state index contributed by atoms with van der Waals surface area (Å²) in [5.74, 6) is -0.493. The second-order valence-electron chi connectivity index (χ2n) is 8.23. The zero-order valence-corrected chi connectivity index (χ0v) is 20.1. The van der Waals surface area contributed by atoms with E-state index in [1.807, 2.05) is 0 Å². The average molecular weight is 529 g/mol. The van der Waals surface area contributed by atoms with Crippen LogP contribution in [0, 0.1) is 0 Å². The van der Waals surface area contributed by atoms with Crippen LogP contribution in [-0.2, 0) is 24.6 Å². The molecule has 38 heavy (non-hydrogen) atoms. The van der Waals surface area contributed by atoms with E-state index >= 15 is 0 Å². The maximum Gasteiger partial charge on any atom is 0.433 e. The molecular weight excluding hydrogens is 507 g/mol. The van der Waals surface area contributed by atoms with E-state index < -0.39 is 35.1 Å². The second-order valence-corrected chi connectivity index (χ2v) is 8.23. The molecule has 4 rings (SSSR count). The van der Waals surface area contributed by atoms with Gasteiger partial charge in [0.25, 0.3) is 5.56 Å². The minimum absolute atomic E-state index is 0.0829. The number of aromatic amines is 1. The zero-order chi connectivity index (χ0) is 27.6. The fourth-order valence-corrected chi connectivity index (χ4v) is 3.46. The summed E-state index contributed by atoms with van der Waals surface area (Å²) in [5.41, 5.74) is 4.18. The van der Waals surface area contributed by atoms with Crippen LogP contribution in [0.25, 0.3) is 11.4 Å². The first-order chi connectivity index (χ1) is 18.0. The molecule has 12 nitrogen and oxygen atoms in total. The largest absolute Gasteiger partial charge is 0.433 e. The first kappa shape index (κ1) is 26.1. The maximum atomic E-state index is 13.1. The summed E-state index contributed by atoms with van der Waals surface area (Å²) in [7, 11) is 1.39. The van der Waals surface area contributed by atoms with E-state index in [4.69, 9.17) is 5.73 Å². The number of carbonyl (C=O) groups is 1. The van der Waals surface area contributed by atoms with Crippen LogP contribution in [0.2, 0.25) is 0 Å². The average Bonchev–Trinajstić information content (AvgIpc) is 3.36. The lowest BCUT2D eigenvalue weighted by Crippen LogP contribution is -2.43. The Balaban J connectivity index is 1.50. The Morgan fingerprint density at radius 2 is 1.95 bits per heavy atom. The normalized spacial score (nSPS) is 12.2. The van der Waals surface area contributed by atoms with Crippen LogP contribution < -0.4 is 27.6 Å². The third-order valence-corrected chi connectivity index (χ3v) is 5.55. The quantitative estimate of drug-likeness (QED) is 0.281. The van der Waals surface area contributed by atoms with Gasteiger partial charge in [-0.25, -0.2) is 9.78 Å². The van der Waals surface area contributed by atoms with E-state index in [0.29, 0.717) is 5.69 Å². The van der Waals surface area contributed by atoms with Crippen LogP contribution in [0.4, 0.5) is 30.5 Å². The molecule has 0 unspecified atom stereocenters. The molecule has 0 fully saturated rings. The Bertz CT molecular complexity index is 1580. The molecule has 4 heterocycles. The number of imidazole rings is 1. The highest BCUT2D eigenvalue weighted by atomic mass is 19.4. The van der Waals surface area contributed by atoms with Crippen molar-refractivity contribution < 1.29 is 18.0 Å². The van der Waals surface area contributed by atoms with Gasteiger partial charge in [-0.2, -0.15) is 13.2 Å². The van der Waals surface area contributed by atoms with E-state index in [-0.39, 0.29) is 35.3 Å². The number of aromatic nitrogens is 6. The van der Waals surface area contributed by atoms with E-state index in [1.54, 1.807) is 18.2 Å². The van der Waals surface area contributed by atoms with Crippen LogP contribution in [0.3, 0.4) is 0 Å². The molecule has 0 bridgehead atoms. The van der Waals surface area contributed by atoms with Crippen molar-refractivity contribution in [3.63, 3.8) is 0 Å². The molecule has 0 aliphatic rings. The summed E-state index contributed by atoms with van der Waals surface area (Å²) in [5, 5.41) is 5.28. The lowest BCUT2D eigenvalue weighted by Gasteiger charge is -2.18. The number of nitrogens with zero attached hydrogens (tertiary/aromatic N) is 5. The Morgan fingerprint density at radius 1 is 1.18 bits per heavy atom. The first-order valence-corrected chi connectivity index (χ1v) is 11.1. The Hall–Kier alpha value is -4.95. The number of carbonyl (C=O) groups excluding carboxylic acids is 1. The summed E-state index contributed by atoms with van der Waals surface area (Å²) in [6, 6.07) is 6.09. The summed E-state index contributed by atoms with van der Waals surface area (Å²) < 4.78 is 40.2. The van der Waals surface area contributed by atoms with Crippen molar-refractivity contribution >= 4 is 23.2 Å². The molecular formula is C23H22F3N9O3. The van der Waals surface area contributed by atoms with Gasteiger partial charge in [0.2, 0.25) is 5.91 Å². The van der Waals surface area contributed by atoms with E-state index in [9.17, 15) is 27.6 Å². The monoisotopic (exact) mass is 529 g/mol. The Morgan fingerprint density at radius 3 is 2.58 bits per heavy atom. The number of nitrogens with two attached hydrogens (primary N) is 1. The Labute approximate surface area is 212 Å². The molecule has 0 radical (unpaired) electrons. The molecule has 0 saturated carbocycles. The Kier molecular flexibility index (Phi) is 7.01. The van der Waals surface area contributed by atoms with Crippen molar-refractivity contribution in [1.82, 2.24) is 29.1 Å². The molecule has 198 valence electrons. The van der Waals surface area contributed by atoms with Crippen LogP contribution in [0.1, 0.15) is 18.3 Å². The number of nitrogens with one attached hydrogen (secondary N) is 3. The molecule has 0 aliphatic carbocycles. The van der Waals surface area contributed by atoms with Crippen LogP contribution in [-0.4, -0.2) is 41.0 Å². The van der Waals surface area contributed by atoms with Gasteiger partial charge < -0.3 is 21.4 Å². The van der Waals surface area contributed by atoms with Crippen LogP contribution in [0.5, 0.6) is 0 Å². The highest BCUT2D eigenvalue weighted by Crippen LogP contribution is 2.28. The van der Waals surface area contributed by atoms with Crippen molar-refractivity contribution in [2.45, 2.75) is 25.7 Å². The second kappa shape index (κ2) is 10.2. The fraction of sp³-hybridized carbons (Fsp3) is 0.217. The zero-order valence-electron chi connectivity index (χ0n) is 20.1. The lowest BCUT2D eigenvalue weighted by atomic mass is 10.2. The topological polar surface area (TPSA) is 166 Å². The molecule has 4 aromatic rings. The van der Waals surface area contributed by atoms with Crippen molar-refractivity contribution in [2.75, 3.05) is 16.4 Å². The third kappa shape index (κ3) is 5.40. The van der Waals surface area contributed by atoms with Gasteiger partial charge >= 0.3 is 11.9 Å². The summed E-state index contributed by atoms with van der Waals surface area (Å²) in [6.45, 7) is 1.37. The van der Waals surface area contributed by atoms with Gasteiger partial charge in [-0.1, -0.05) is 6.07 Å². The van der Waals surface area contributed by atoms with Crippen molar-refractivity contribution in [3.8, 4) is 11.4 Å². The summed E-state index contributed by atoms with van der Waals surface area (Å²) >= 11 is 0. The van der Waals surface area contributed by atoms with Gasteiger partial charge in [-0.3, -0.25) is 28.7 Å². The first-order valence-electron chi connectivity index (χ1n) is 11.1. The number of H-pyrrole nitrogens is 1. The molecule has 4 aromatic heterocycles. The molecule has 1 atom stereocenters. The number of halogens is 3. The van der Waals surface area contributed by atoms with Gasteiger partial charge in [0.05, 0.1) is 12.2 Å². The predicted octanol–water partition coefficient (Wildman–Crippen LogP) is 1.82. The third-order valence-electron chi connectivity index (χ3n) is 5.55. The number of rotatable bonds is 7. The molecule has 0 spiro atoms. The van der Waals surface area contributed by atoms with Gasteiger partial charge in [-0.05, 0) is 31.2 Å². The molecule has 0 saturated heterocycles. The van der Waals surface area contributed by atoms with Gasteiger partial charge in [0.1, 0.15) is 29.1 Å². The maximum absolute atomic E-state index is 13.1. The highest BCUT2D eigenvalue weighted by molar-refractivity contribution is 5.96. The minimum atomic E-state index is -4.57. The molecule has 15 heteroatoms. The van der Waals surface area contributed by atoms with Crippen molar-refractivity contribution in [3.05, 3.63) is 81.1 Å². The molecule has 1 amide bonds. The number of alkyl halides is 3. The van der Waals surface area contributed by atoms with E-state index in [1.165, 1.54) is 32.4 Å². The van der Waals surface area contributed by atoms with E-state index in [0.717, 1.165) is 21.4 Å². The number of hydrogen-bond acceptors (Lipinski definition) is 8. The fourth-order valence-electron chi connectivity index (χ4n) is 3.46. The smallest absolute Gasteiger partial charge is 0.383 e. The predicted molar refractivity (Wildman–Crippen MR) is 132 cm³/mol. The van der Waals surface area contributed by atoms with Crippen LogP contribution in [0.15, 0.2) is 58.5 Å². The highest BCUT2D eigenvalue weighted by Gasteiger charge is 2.32. The van der Waals surface area contributed by atoms with Gasteiger partial charge in [-0.15, -0.1) is 0 Å². The number of anilines is 3. The van der Waals surface area contributed by atoms with E-state index in [2.05, 4.69) is 30.6 Å².